The molecule has 1 heterocycles. The van der Waals surface area contributed by atoms with Gasteiger partial charge in [0.15, 0.2) is 0 Å². The molecule has 37 heavy (non-hydrogen) atoms. The molecule has 1 atom stereocenters. The van der Waals surface area contributed by atoms with Crippen molar-refractivity contribution in [3.63, 3.8) is 0 Å². The van der Waals surface area contributed by atoms with Crippen molar-refractivity contribution >= 4 is 34.7 Å². The molecule has 0 aliphatic heterocycles. The van der Waals surface area contributed by atoms with Gasteiger partial charge < -0.3 is 15.4 Å². The summed E-state index contributed by atoms with van der Waals surface area (Å²) in [6.45, 7) is 9.50. The zero-order valence-corrected chi connectivity index (χ0v) is 23.1. The van der Waals surface area contributed by atoms with Crippen LogP contribution in [0.3, 0.4) is 0 Å². The number of nitrogens with one attached hydrogen (secondary N) is 2. The fourth-order valence-corrected chi connectivity index (χ4v) is 4.62. The second kappa shape index (κ2) is 12.1. The number of carbonyl (C=O) groups is 3. The van der Waals surface area contributed by atoms with Crippen molar-refractivity contribution in [2.45, 2.75) is 52.6 Å². The zero-order chi connectivity index (χ0) is 27.2. The maximum atomic E-state index is 13.9. The van der Waals surface area contributed by atoms with Crippen LogP contribution < -0.4 is 20.3 Å². The molecule has 0 aliphatic rings. The Kier molecular flexibility index (Phi) is 9.10. The summed E-state index contributed by atoms with van der Waals surface area (Å²) in [7, 11) is 1.56. The smallest absolute Gasteiger partial charge is 0.261 e. The van der Waals surface area contributed by atoms with Crippen molar-refractivity contribution < 1.29 is 19.1 Å². The van der Waals surface area contributed by atoms with E-state index in [4.69, 9.17) is 4.74 Å². The van der Waals surface area contributed by atoms with Gasteiger partial charge in [0.05, 0.1) is 18.5 Å². The molecule has 2 N–H and O–H groups in total. The SMILES string of the molecule is CCC(C)(C)NC(=O)C(c1cccc(OC)c1)N(C(=O)CNC(=O)c1cccs1)c1cc(C)cc(C)c1. The molecule has 8 heteroatoms. The van der Waals surface area contributed by atoms with Crippen molar-refractivity contribution in [2.75, 3.05) is 18.6 Å². The lowest BCUT2D eigenvalue weighted by Crippen LogP contribution is -2.52. The highest BCUT2D eigenvalue weighted by Gasteiger charge is 2.35. The van der Waals surface area contributed by atoms with Crippen molar-refractivity contribution in [1.82, 2.24) is 10.6 Å². The maximum Gasteiger partial charge on any atom is 0.261 e. The fourth-order valence-electron chi connectivity index (χ4n) is 3.98. The largest absolute Gasteiger partial charge is 0.497 e. The topological polar surface area (TPSA) is 87.7 Å². The number of anilines is 1. The Morgan fingerprint density at radius 1 is 1.03 bits per heavy atom. The van der Waals surface area contributed by atoms with Crippen LogP contribution in [0.5, 0.6) is 5.75 Å². The first-order chi connectivity index (χ1) is 17.5. The number of ether oxygens (including phenoxy) is 1. The van der Waals surface area contributed by atoms with Crippen LogP contribution >= 0.6 is 11.3 Å². The summed E-state index contributed by atoms with van der Waals surface area (Å²) < 4.78 is 5.42. The van der Waals surface area contributed by atoms with E-state index in [1.165, 1.54) is 16.2 Å². The molecule has 3 rings (SSSR count). The van der Waals surface area contributed by atoms with E-state index in [0.29, 0.717) is 28.3 Å². The number of thiophene rings is 1. The Labute approximate surface area is 222 Å². The highest BCUT2D eigenvalue weighted by Crippen LogP contribution is 2.32. The molecule has 0 aliphatic carbocycles. The van der Waals surface area contributed by atoms with Gasteiger partial charge in [0.2, 0.25) is 11.8 Å². The number of hydrogen-bond acceptors (Lipinski definition) is 5. The van der Waals surface area contributed by atoms with Gasteiger partial charge in [-0.3, -0.25) is 19.3 Å². The Morgan fingerprint density at radius 2 is 1.73 bits per heavy atom. The Hall–Kier alpha value is -3.65. The van der Waals surface area contributed by atoms with Gasteiger partial charge in [-0.15, -0.1) is 11.3 Å². The highest BCUT2D eigenvalue weighted by molar-refractivity contribution is 7.12. The van der Waals surface area contributed by atoms with Gasteiger partial charge in [0.1, 0.15) is 11.8 Å². The minimum atomic E-state index is -0.992. The second-order valence-electron chi connectivity index (χ2n) is 9.68. The summed E-state index contributed by atoms with van der Waals surface area (Å²) in [5.74, 6) is -0.494. The normalized spacial score (nSPS) is 11.9. The van der Waals surface area contributed by atoms with Gasteiger partial charge in [0.25, 0.3) is 5.91 Å². The van der Waals surface area contributed by atoms with E-state index in [2.05, 4.69) is 10.6 Å². The number of nitrogens with zero attached hydrogens (tertiary/aromatic N) is 1. The van der Waals surface area contributed by atoms with Gasteiger partial charge in [-0.2, -0.15) is 0 Å². The molecule has 3 amide bonds. The van der Waals surface area contributed by atoms with E-state index in [1.807, 2.05) is 52.8 Å². The molecule has 0 bridgehead atoms. The van der Waals surface area contributed by atoms with Crippen LogP contribution in [0.1, 0.15) is 59.6 Å². The molecule has 1 unspecified atom stereocenters. The lowest BCUT2D eigenvalue weighted by Gasteiger charge is -2.35. The molecule has 196 valence electrons. The average Bonchev–Trinajstić information content (AvgIpc) is 3.40. The third-order valence-corrected chi connectivity index (χ3v) is 7.03. The number of amides is 3. The highest BCUT2D eigenvalue weighted by atomic mass is 32.1. The number of carbonyl (C=O) groups excluding carboxylic acids is 3. The lowest BCUT2D eigenvalue weighted by atomic mass is 9.97. The van der Waals surface area contributed by atoms with Crippen LogP contribution in [0.4, 0.5) is 5.69 Å². The predicted octanol–water partition coefficient (Wildman–Crippen LogP) is 5.18. The number of rotatable bonds is 10. The molecule has 2 aromatic carbocycles. The first-order valence-corrected chi connectivity index (χ1v) is 13.1. The van der Waals surface area contributed by atoms with Crippen molar-refractivity contribution in [1.29, 1.82) is 0 Å². The summed E-state index contributed by atoms with van der Waals surface area (Å²) in [4.78, 5) is 42.3. The Morgan fingerprint density at radius 3 is 2.32 bits per heavy atom. The number of hydrogen-bond donors (Lipinski definition) is 2. The van der Waals surface area contributed by atoms with E-state index in [9.17, 15) is 14.4 Å². The van der Waals surface area contributed by atoms with Crippen LogP contribution in [0, 0.1) is 13.8 Å². The predicted molar refractivity (Wildman–Crippen MR) is 148 cm³/mol. The number of methoxy groups -OCH3 is 1. The summed E-state index contributed by atoms with van der Waals surface area (Å²) in [6, 6.07) is 15.4. The first-order valence-electron chi connectivity index (χ1n) is 12.2. The van der Waals surface area contributed by atoms with Gasteiger partial charge >= 0.3 is 0 Å². The molecule has 0 saturated carbocycles. The molecular formula is C29H35N3O4S. The molecule has 1 aromatic heterocycles. The van der Waals surface area contributed by atoms with Crippen LogP contribution in [-0.4, -0.2) is 36.9 Å². The van der Waals surface area contributed by atoms with Crippen LogP contribution in [0.25, 0.3) is 0 Å². The summed E-state index contributed by atoms with van der Waals surface area (Å²) in [5.41, 5.74) is 2.59. The average molecular weight is 522 g/mol. The monoisotopic (exact) mass is 521 g/mol. The van der Waals surface area contributed by atoms with E-state index in [1.54, 1.807) is 48.9 Å². The van der Waals surface area contributed by atoms with Crippen molar-refractivity contribution in [2.24, 2.45) is 0 Å². The molecule has 0 radical (unpaired) electrons. The van der Waals surface area contributed by atoms with Crippen molar-refractivity contribution in [3.05, 3.63) is 81.5 Å². The Bertz CT molecular complexity index is 1230. The molecule has 0 spiro atoms. The maximum absolute atomic E-state index is 13.9. The van der Waals surface area contributed by atoms with Crippen LogP contribution in [0.2, 0.25) is 0 Å². The van der Waals surface area contributed by atoms with Gasteiger partial charge in [-0.25, -0.2) is 0 Å². The minimum Gasteiger partial charge on any atom is -0.497 e. The first kappa shape index (κ1) is 27.9. The molecule has 0 fully saturated rings. The van der Waals surface area contributed by atoms with Crippen LogP contribution in [0.15, 0.2) is 60.0 Å². The minimum absolute atomic E-state index is 0.269. The summed E-state index contributed by atoms with van der Waals surface area (Å²) in [6.07, 6.45) is 0.706. The Balaban J connectivity index is 2.10. The zero-order valence-electron chi connectivity index (χ0n) is 22.3. The fraction of sp³-hybridized carbons (Fsp3) is 0.345. The molecule has 0 saturated heterocycles. The third kappa shape index (κ3) is 7.20. The number of aryl methyl sites for hydroxylation is 2. The van der Waals surface area contributed by atoms with Gasteiger partial charge in [-0.1, -0.05) is 31.2 Å². The molecule has 3 aromatic rings. The summed E-state index contributed by atoms with van der Waals surface area (Å²) in [5, 5.41) is 7.62. The number of benzene rings is 2. The summed E-state index contributed by atoms with van der Waals surface area (Å²) >= 11 is 1.30. The van der Waals surface area contributed by atoms with Gasteiger partial charge in [-0.05, 0) is 86.5 Å². The molecular weight excluding hydrogens is 486 g/mol. The quantitative estimate of drug-likeness (QED) is 0.385. The third-order valence-electron chi connectivity index (χ3n) is 6.16. The van der Waals surface area contributed by atoms with Gasteiger partial charge in [0, 0.05) is 11.2 Å². The second-order valence-corrected chi connectivity index (χ2v) is 10.6. The lowest BCUT2D eigenvalue weighted by molar-refractivity contribution is -0.127. The van der Waals surface area contributed by atoms with E-state index in [0.717, 1.165) is 11.1 Å². The standard InChI is InChI=1S/C29H35N3O4S/c1-7-29(4,5)31-28(35)26(21-10-8-11-23(17-21)36-6)32(22-15-19(2)14-20(3)16-22)25(33)18-30-27(34)24-12-9-13-37-24/h8-17,26H,7,18H2,1-6H3,(H,30,34)(H,31,35). The van der Waals surface area contributed by atoms with E-state index in [-0.39, 0.29) is 18.4 Å². The van der Waals surface area contributed by atoms with E-state index < -0.39 is 17.5 Å². The van der Waals surface area contributed by atoms with Crippen LogP contribution in [-0.2, 0) is 9.59 Å². The van der Waals surface area contributed by atoms with Crippen molar-refractivity contribution in [3.8, 4) is 5.75 Å². The van der Waals surface area contributed by atoms with E-state index >= 15 is 0 Å². The molecule has 7 nitrogen and oxygen atoms in total.